The Morgan fingerprint density at radius 3 is 2.74 bits per heavy atom. The maximum absolute atomic E-state index is 11.7. The molecule has 0 radical (unpaired) electrons. The summed E-state index contributed by atoms with van der Waals surface area (Å²) in [5.41, 5.74) is 0.738. The highest BCUT2D eigenvalue weighted by Gasteiger charge is 2.12. The van der Waals surface area contributed by atoms with Gasteiger partial charge in [0.1, 0.15) is 12.4 Å². The fourth-order valence-corrected chi connectivity index (χ4v) is 1.60. The Bertz CT molecular complexity index is 442. The third kappa shape index (κ3) is 5.11. The lowest BCUT2D eigenvalue weighted by Gasteiger charge is -2.11. The second-order valence-corrected chi connectivity index (χ2v) is 4.68. The van der Waals surface area contributed by atoms with Crippen molar-refractivity contribution in [2.75, 3.05) is 0 Å². The molecule has 0 saturated heterocycles. The lowest BCUT2D eigenvalue weighted by molar-refractivity contribution is -0.119. The van der Waals surface area contributed by atoms with Gasteiger partial charge in [0.05, 0.1) is 5.69 Å². The molecule has 106 valence electrons. The van der Waals surface area contributed by atoms with Crippen molar-refractivity contribution in [3.63, 3.8) is 0 Å². The van der Waals surface area contributed by atoms with Gasteiger partial charge >= 0.3 is 6.09 Å². The van der Waals surface area contributed by atoms with E-state index in [0.29, 0.717) is 6.42 Å². The average Bonchev–Trinajstić information content (AvgIpc) is 2.76. The van der Waals surface area contributed by atoms with E-state index in [-0.39, 0.29) is 18.1 Å². The zero-order chi connectivity index (χ0) is 14.4. The molecule has 1 aromatic heterocycles. The smallest absolute Gasteiger partial charge is 0.419 e. The monoisotopic (exact) mass is 267 g/mol. The SMILES string of the molecule is CCC(C)OC(=O)n1cnc(C[C@@H](C)NC(C)=O)c1. The molecule has 2 atom stereocenters. The van der Waals surface area contributed by atoms with Crippen molar-refractivity contribution < 1.29 is 14.3 Å². The summed E-state index contributed by atoms with van der Waals surface area (Å²) < 4.78 is 6.50. The second kappa shape index (κ2) is 6.92. The van der Waals surface area contributed by atoms with E-state index in [9.17, 15) is 9.59 Å². The minimum atomic E-state index is -0.430. The van der Waals surface area contributed by atoms with Crippen LogP contribution in [-0.2, 0) is 16.0 Å². The van der Waals surface area contributed by atoms with Gasteiger partial charge in [0.2, 0.25) is 5.91 Å². The Labute approximate surface area is 113 Å². The van der Waals surface area contributed by atoms with Crippen molar-refractivity contribution in [1.82, 2.24) is 14.9 Å². The zero-order valence-electron chi connectivity index (χ0n) is 11.8. The first kappa shape index (κ1) is 15.2. The van der Waals surface area contributed by atoms with Crippen molar-refractivity contribution in [2.45, 2.75) is 52.7 Å². The molecule has 6 heteroatoms. The zero-order valence-corrected chi connectivity index (χ0v) is 11.8. The Morgan fingerprint density at radius 2 is 2.16 bits per heavy atom. The van der Waals surface area contributed by atoms with E-state index >= 15 is 0 Å². The van der Waals surface area contributed by atoms with E-state index in [1.54, 1.807) is 6.20 Å². The molecule has 1 aromatic rings. The van der Waals surface area contributed by atoms with Gasteiger partial charge in [0, 0.05) is 25.6 Å². The molecule has 1 heterocycles. The van der Waals surface area contributed by atoms with Crippen LogP contribution in [-0.4, -0.2) is 33.7 Å². The van der Waals surface area contributed by atoms with Crippen LogP contribution in [0.5, 0.6) is 0 Å². The molecule has 0 spiro atoms. The predicted molar refractivity (Wildman–Crippen MR) is 70.8 cm³/mol. The van der Waals surface area contributed by atoms with Crippen LogP contribution < -0.4 is 5.32 Å². The molecule has 1 amide bonds. The summed E-state index contributed by atoms with van der Waals surface area (Å²) in [6.07, 6.45) is 3.86. The predicted octanol–water partition coefficient (Wildman–Crippen LogP) is 1.73. The van der Waals surface area contributed by atoms with Crippen molar-refractivity contribution >= 4 is 12.0 Å². The first-order chi connectivity index (χ1) is 8.92. The molecule has 0 aliphatic heterocycles. The van der Waals surface area contributed by atoms with E-state index in [4.69, 9.17) is 4.74 Å². The lowest BCUT2D eigenvalue weighted by atomic mass is 10.2. The Hall–Kier alpha value is -1.85. The Morgan fingerprint density at radius 1 is 1.47 bits per heavy atom. The first-order valence-corrected chi connectivity index (χ1v) is 6.43. The molecule has 0 aliphatic carbocycles. The highest BCUT2D eigenvalue weighted by atomic mass is 16.6. The van der Waals surface area contributed by atoms with Crippen LogP contribution in [0.25, 0.3) is 0 Å². The molecule has 0 saturated carbocycles. The topological polar surface area (TPSA) is 73.2 Å². The summed E-state index contributed by atoms with van der Waals surface area (Å²) in [5, 5.41) is 2.77. The van der Waals surface area contributed by atoms with Crippen LogP contribution in [0.3, 0.4) is 0 Å². The number of nitrogens with zero attached hydrogens (tertiary/aromatic N) is 2. The first-order valence-electron chi connectivity index (χ1n) is 6.43. The Balaban J connectivity index is 2.56. The third-order valence-corrected chi connectivity index (χ3v) is 2.69. The van der Waals surface area contributed by atoms with Crippen LogP contribution >= 0.6 is 0 Å². The summed E-state index contributed by atoms with van der Waals surface area (Å²) in [6.45, 7) is 7.15. The number of rotatable bonds is 5. The molecule has 1 unspecified atom stereocenters. The number of nitrogens with one attached hydrogen (secondary N) is 1. The van der Waals surface area contributed by atoms with E-state index < -0.39 is 6.09 Å². The molecule has 1 rings (SSSR count). The number of ether oxygens (including phenoxy) is 1. The third-order valence-electron chi connectivity index (χ3n) is 2.69. The maximum Gasteiger partial charge on any atom is 0.419 e. The molecule has 0 fully saturated rings. The van der Waals surface area contributed by atoms with Crippen molar-refractivity contribution in [3.05, 3.63) is 18.2 Å². The van der Waals surface area contributed by atoms with E-state index in [2.05, 4.69) is 10.3 Å². The molecule has 1 N–H and O–H groups in total. The minimum absolute atomic E-state index is 0.0218. The van der Waals surface area contributed by atoms with Crippen LogP contribution in [0.4, 0.5) is 4.79 Å². The summed E-state index contributed by atoms with van der Waals surface area (Å²) >= 11 is 0. The van der Waals surface area contributed by atoms with Gasteiger partial charge < -0.3 is 10.1 Å². The highest BCUT2D eigenvalue weighted by Crippen LogP contribution is 2.04. The fourth-order valence-electron chi connectivity index (χ4n) is 1.60. The summed E-state index contributed by atoms with van der Waals surface area (Å²) in [5.74, 6) is -0.0805. The Kier molecular flexibility index (Phi) is 5.54. The van der Waals surface area contributed by atoms with Gasteiger partial charge in [0.15, 0.2) is 0 Å². The van der Waals surface area contributed by atoms with Crippen molar-refractivity contribution in [1.29, 1.82) is 0 Å². The number of hydrogen-bond donors (Lipinski definition) is 1. The quantitative estimate of drug-likeness (QED) is 0.881. The molecule has 0 bridgehead atoms. The highest BCUT2D eigenvalue weighted by molar-refractivity contribution is 5.73. The van der Waals surface area contributed by atoms with Gasteiger partial charge in [-0.3, -0.25) is 4.79 Å². The van der Waals surface area contributed by atoms with Crippen molar-refractivity contribution in [3.8, 4) is 0 Å². The van der Waals surface area contributed by atoms with E-state index in [1.807, 2.05) is 20.8 Å². The number of aromatic nitrogens is 2. The second-order valence-electron chi connectivity index (χ2n) is 4.68. The van der Waals surface area contributed by atoms with Crippen LogP contribution in [0.1, 0.15) is 39.8 Å². The van der Waals surface area contributed by atoms with Gasteiger partial charge in [-0.15, -0.1) is 0 Å². The number of carbonyl (C=O) groups excluding carboxylic acids is 2. The van der Waals surface area contributed by atoms with E-state index in [1.165, 1.54) is 17.8 Å². The molecular weight excluding hydrogens is 246 g/mol. The summed E-state index contributed by atoms with van der Waals surface area (Å²) in [6, 6.07) is -0.0218. The number of hydrogen-bond acceptors (Lipinski definition) is 4. The number of carbonyl (C=O) groups is 2. The summed E-state index contributed by atoms with van der Waals surface area (Å²) in [4.78, 5) is 26.8. The minimum Gasteiger partial charge on any atom is -0.446 e. The van der Waals surface area contributed by atoms with Crippen molar-refractivity contribution in [2.24, 2.45) is 0 Å². The van der Waals surface area contributed by atoms with Gasteiger partial charge in [-0.25, -0.2) is 14.3 Å². The molecule has 0 aromatic carbocycles. The van der Waals surface area contributed by atoms with Crippen LogP contribution in [0.15, 0.2) is 12.5 Å². The fraction of sp³-hybridized carbons (Fsp3) is 0.615. The van der Waals surface area contributed by atoms with Crippen LogP contribution in [0.2, 0.25) is 0 Å². The average molecular weight is 267 g/mol. The normalized spacial score (nSPS) is 13.7. The number of imidazole rings is 1. The van der Waals surface area contributed by atoms with Gasteiger partial charge in [0.25, 0.3) is 0 Å². The van der Waals surface area contributed by atoms with Gasteiger partial charge in [-0.1, -0.05) is 6.92 Å². The largest absolute Gasteiger partial charge is 0.446 e. The maximum atomic E-state index is 11.7. The number of amides is 1. The standard InChI is InChI=1S/C13H21N3O3/c1-5-10(3)19-13(18)16-7-12(14-8-16)6-9(2)15-11(4)17/h7-10H,5-6H2,1-4H3,(H,15,17)/t9-,10?/m1/s1. The van der Waals surface area contributed by atoms with Crippen LogP contribution in [0, 0.1) is 0 Å². The van der Waals surface area contributed by atoms with E-state index in [0.717, 1.165) is 12.1 Å². The molecule has 6 nitrogen and oxygen atoms in total. The van der Waals surface area contributed by atoms with Gasteiger partial charge in [-0.05, 0) is 20.3 Å². The van der Waals surface area contributed by atoms with Gasteiger partial charge in [-0.2, -0.15) is 0 Å². The lowest BCUT2D eigenvalue weighted by Crippen LogP contribution is -2.32. The molecular formula is C13H21N3O3. The molecule has 0 aliphatic rings. The molecule has 19 heavy (non-hydrogen) atoms. The summed E-state index contributed by atoms with van der Waals surface area (Å²) in [7, 11) is 0.